The van der Waals surface area contributed by atoms with E-state index >= 15 is 0 Å². The third-order valence-electron chi connectivity index (χ3n) is 0.647. The highest BCUT2D eigenvalue weighted by molar-refractivity contribution is 4.90. The van der Waals surface area contributed by atoms with Crippen LogP contribution < -0.4 is 5.63 Å². The van der Waals surface area contributed by atoms with Crippen molar-refractivity contribution in [3.63, 3.8) is 0 Å². The molecule has 7 heavy (non-hydrogen) atoms. The van der Waals surface area contributed by atoms with Crippen molar-refractivity contribution in [1.29, 1.82) is 0 Å². The highest BCUT2D eigenvalue weighted by Gasteiger charge is 1.85. The fraction of sp³-hybridized carbons (Fsp3) is 0.250. The molecular weight excluding hydrogens is 94.0 g/mol. The van der Waals surface area contributed by atoms with E-state index in [0.717, 1.165) is 5.69 Å². The van der Waals surface area contributed by atoms with Gasteiger partial charge < -0.3 is 4.52 Å². The van der Waals surface area contributed by atoms with E-state index in [9.17, 15) is 4.79 Å². The number of aromatic amines is 1. The molecule has 0 aliphatic rings. The van der Waals surface area contributed by atoms with Crippen molar-refractivity contribution >= 4 is 0 Å². The average molecular weight is 99.1 g/mol. The first kappa shape index (κ1) is 4.18. The van der Waals surface area contributed by atoms with Crippen molar-refractivity contribution in [2.75, 3.05) is 0 Å². The van der Waals surface area contributed by atoms with Crippen molar-refractivity contribution < 1.29 is 4.52 Å². The molecule has 0 saturated carbocycles. The second kappa shape index (κ2) is 1.26. The maximum absolute atomic E-state index is 10.1. The molecule has 1 aromatic rings. The molecule has 1 heterocycles. The van der Waals surface area contributed by atoms with Crippen molar-refractivity contribution in [1.82, 2.24) is 5.16 Å². The zero-order valence-corrected chi connectivity index (χ0v) is 3.89. The molecule has 3 nitrogen and oxygen atoms in total. The zero-order valence-electron chi connectivity index (χ0n) is 3.89. The predicted molar refractivity (Wildman–Crippen MR) is 24.1 cm³/mol. The fourth-order valence-electron chi connectivity index (χ4n) is 0.366. The van der Waals surface area contributed by atoms with Gasteiger partial charge in [-0.3, -0.25) is 0 Å². The minimum Gasteiger partial charge on any atom is -0.339 e. The Morgan fingerprint density at radius 2 is 2.57 bits per heavy atom. The maximum Gasteiger partial charge on any atom is 0.357 e. The van der Waals surface area contributed by atoms with Crippen LogP contribution in [0.5, 0.6) is 0 Å². The third kappa shape index (κ3) is 0.707. The maximum atomic E-state index is 10.1. The SMILES string of the molecule is Cc1cc(=O)o[nH]1. The van der Waals surface area contributed by atoms with Gasteiger partial charge in [0.2, 0.25) is 0 Å². The Morgan fingerprint density at radius 3 is 2.71 bits per heavy atom. The summed E-state index contributed by atoms with van der Waals surface area (Å²) >= 11 is 0. The molecule has 0 aliphatic carbocycles. The summed E-state index contributed by atoms with van der Waals surface area (Å²) in [5.74, 6) is 0. The van der Waals surface area contributed by atoms with Crippen LogP contribution in [0.3, 0.4) is 0 Å². The second-order valence-corrected chi connectivity index (χ2v) is 1.35. The Balaban J connectivity index is 3.30. The fourth-order valence-corrected chi connectivity index (χ4v) is 0.366. The molecule has 0 spiro atoms. The van der Waals surface area contributed by atoms with Gasteiger partial charge in [0, 0.05) is 6.07 Å². The van der Waals surface area contributed by atoms with Gasteiger partial charge >= 0.3 is 5.63 Å². The van der Waals surface area contributed by atoms with Crippen molar-refractivity contribution in [2.45, 2.75) is 6.92 Å². The quantitative estimate of drug-likeness (QED) is 0.507. The number of hydrogen-bond donors (Lipinski definition) is 1. The topological polar surface area (TPSA) is 46.0 Å². The first-order valence-electron chi connectivity index (χ1n) is 1.94. The van der Waals surface area contributed by atoms with Gasteiger partial charge in [-0.2, -0.15) is 0 Å². The van der Waals surface area contributed by atoms with Gasteiger partial charge in [-0.15, -0.1) is 0 Å². The highest BCUT2D eigenvalue weighted by Crippen LogP contribution is 1.79. The Labute approximate surface area is 39.9 Å². The highest BCUT2D eigenvalue weighted by atomic mass is 16.5. The smallest absolute Gasteiger partial charge is 0.339 e. The summed E-state index contributed by atoms with van der Waals surface area (Å²) in [7, 11) is 0. The van der Waals surface area contributed by atoms with Crippen LogP contribution in [0.2, 0.25) is 0 Å². The summed E-state index contributed by atoms with van der Waals surface area (Å²) in [6, 6.07) is 1.39. The standard InChI is InChI=1S/C4H5NO2/c1-3-2-4(6)7-5-3/h2,5H,1H3. The third-order valence-corrected chi connectivity index (χ3v) is 0.647. The molecule has 3 heteroatoms. The van der Waals surface area contributed by atoms with Crippen LogP contribution >= 0.6 is 0 Å². The molecule has 0 aromatic carbocycles. The number of nitrogens with one attached hydrogen (secondary N) is 1. The summed E-state index contributed by atoms with van der Waals surface area (Å²) in [5, 5.41) is 2.38. The Bertz CT molecular complexity index is 197. The Hall–Kier alpha value is -0.990. The largest absolute Gasteiger partial charge is 0.357 e. The van der Waals surface area contributed by atoms with E-state index in [4.69, 9.17) is 0 Å². The van der Waals surface area contributed by atoms with Crippen LogP contribution in [0.15, 0.2) is 15.4 Å². The molecule has 0 bridgehead atoms. The van der Waals surface area contributed by atoms with E-state index in [1.54, 1.807) is 6.92 Å². The van der Waals surface area contributed by atoms with E-state index in [0.29, 0.717) is 0 Å². The molecule has 1 rings (SSSR count). The van der Waals surface area contributed by atoms with Crippen molar-refractivity contribution in [3.05, 3.63) is 22.2 Å². The van der Waals surface area contributed by atoms with E-state index in [1.807, 2.05) is 0 Å². The normalized spacial score (nSPS) is 9.29. The van der Waals surface area contributed by atoms with Crippen LogP contribution in [-0.2, 0) is 0 Å². The summed E-state index contributed by atoms with van der Waals surface area (Å²) in [6.45, 7) is 1.75. The minimum atomic E-state index is -0.322. The average Bonchev–Trinajstić information content (AvgIpc) is 1.87. The Kier molecular flexibility index (Phi) is 0.749. The molecular formula is C4H5NO2. The van der Waals surface area contributed by atoms with E-state index in [2.05, 4.69) is 9.68 Å². The lowest BCUT2D eigenvalue weighted by Crippen LogP contribution is -1.84. The van der Waals surface area contributed by atoms with Crippen LogP contribution in [0.1, 0.15) is 5.69 Å². The van der Waals surface area contributed by atoms with Crippen molar-refractivity contribution in [3.8, 4) is 0 Å². The number of H-pyrrole nitrogens is 1. The first-order chi connectivity index (χ1) is 3.29. The van der Waals surface area contributed by atoms with Gasteiger partial charge in [0.1, 0.15) is 0 Å². The van der Waals surface area contributed by atoms with Gasteiger partial charge in [0.15, 0.2) is 0 Å². The first-order valence-corrected chi connectivity index (χ1v) is 1.94. The van der Waals surface area contributed by atoms with E-state index in [-0.39, 0.29) is 5.63 Å². The molecule has 0 aliphatic heterocycles. The zero-order chi connectivity index (χ0) is 5.28. The molecule has 1 N–H and O–H groups in total. The second-order valence-electron chi connectivity index (χ2n) is 1.35. The molecule has 0 atom stereocenters. The van der Waals surface area contributed by atoms with Crippen molar-refractivity contribution in [2.24, 2.45) is 0 Å². The molecule has 38 valence electrons. The van der Waals surface area contributed by atoms with Crippen LogP contribution in [0.4, 0.5) is 0 Å². The van der Waals surface area contributed by atoms with Gasteiger partial charge in [-0.25, -0.2) is 9.95 Å². The molecule has 0 amide bonds. The molecule has 0 unspecified atom stereocenters. The van der Waals surface area contributed by atoms with Crippen LogP contribution in [-0.4, -0.2) is 5.16 Å². The number of aromatic nitrogens is 1. The number of aryl methyl sites for hydroxylation is 1. The summed E-state index contributed by atoms with van der Waals surface area (Å²) in [4.78, 5) is 10.1. The van der Waals surface area contributed by atoms with Gasteiger partial charge in [-0.05, 0) is 6.92 Å². The van der Waals surface area contributed by atoms with Gasteiger partial charge in [-0.1, -0.05) is 0 Å². The molecule has 1 aromatic heterocycles. The monoisotopic (exact) mass is 99.0 g/mol. The number of rotatable bonds is 0. The molecule has 0 fully saturated rings. The lowest BCUT2D eigenvalue weighted by Gasteiger charge is -1.66. The molecule has 0 saturated heterocycles. The van der Waals surface area contributed by atoms with Crippen LogP contribution in [0, 0.1) is 6.92 Å². The molecule has 0 radical (unpaired) electrons. The summed E-state index contributed by atoms with van der Waals surface area (Å²) < 4.78 is 4.28. The lowest BCUT2D eigenvalue weighted by atomic mass is 10.5. The number of hydrogen-bond acceptors (Lipinski definition) is 2. The Morgan fingerprint density at radius 1 is 1.86 bits per heavy atom. The predicted octanol–water partition coefficient (Wildman–Crippen LogP) is 0.276. The minimum absolute atomic E-state index is 0.322. The summed E-state index contributed by atoms with van der Waals surface area (Å²) in [5.41, 5.74) is 0.433. The van der Waals surface area contributed by atoms with Crippen LogP contribution in [0.25, 0.3) is 0 Å². The lowest BCUT2D eigenvalue weighted by molar-refractivity contribution is 0.387. The van der Waals surface area contributed by atoms with Gasteiger partial charge in [0.25, 0.3) is 0 Å². The van der Waals surface area contributed by atoms with Gasteiger partial charge in [0.05, 0.1) is 5.69 Å². The van der Waals surface area contributed by atoms with E-state index < -0.39 is 0 Å². The van der Waals surface area contributed by atoms with E-state index in [1.165, 1.54) is 6.07 Å². The summed E-state index contributed by atoms with van der Waals surface area (Å²) in [6.07, 6.45) is 0.